The molecule has 2 aliphatic rings. The summed E-state index contributed by atoms with van der Waals surface area (Å²) >= 11 is 0. The van der Waals surface area contributed by atoms with Crippen molar-refractivity contribution in [1.82, 2.24) is 14.8 Å². The van der Waals surface area contributed by atoms with Gasteiger partial charge in [-0.2, -0.15) is 0 Å². The number of nitro benzene ring substituents is 1. The van der Waals surface area contributed by atoms with E-state index < -0.39 is 4.92 Å². The maximum atomic E-state index is 12.8. The van der Waals surface area contributed by atoms with Crippen molar-refractivity contribution in [3.63, 3.8) is 0 Å². The van der Waals surface area contributed by atoms with E-state index in [4.69, 9.17) is 0 Å². The Morgan fingerprint density at radius 1 is 1.06 bits per heavy atom. The highest BCUT2D eigenvalue weighted by molar-refractivity contribution is 6.09. The van der Waals surface area contributed by atoms with E-state index in [2.05, 4.69) is 19.7 Å². The van der Waals surface area contributed by atoms with Gasteiger partial charge in [0.2, 0.25) is 0 Å². The molecule has 0 bridgehead atoms. The molecule has 5 rings (SSSR count). The van der Waals surface area contributed by atoms with Crippen molar-refractivity contribution < 1.29 is 9.72 Å². The minimum atomic E-state index is -0.395. The maximum absolute atomic E-state index is 12.8. The smallest absolute Gasteiger partial charge is 0.293 e. The van der Waals surface area contributed by atoms with E-state index in [0.29, 0.717) is 29.4 Å². The molecule has 1 aromatic heterocycles. The Balaban J connectivity index is 1.43. The van der Waals surface area contributed by atoms with E-state index in [1.807, 2.05) is 6.07 Å². The summed E-state index contributed by atoms with van der Waals surface area (Å²) in [4.78, 5) is 26.3. The lowest BCUT2D eigenvalue weighted by molar-refractivity contribution is -0.384. The van der Waals surface area contributed by atoms with Gasteiger partial charge in [-0.15, -0.1) is 10.2 Å². The molecule has 1 atom stereocenters. The van der Waals surface area contributed by atoms with E-state index in [-0.39, 0.29) is 17.4 Å². The normalized spacial score (nSPS) is 18.7. The van der Waals surface area contributed by atoms with Crippen LogP contribution in [0.25, 0.3) is 0 Å². The standard InChI is InChI=1S/C23H23N5O3/c29-22(16-5-2-1-3-6-16)17-8-11-20(21(13-17)28(30)31)26-12-4-7-18(14-26)23-25-24-15-27(23)19-9-10-19/h1-3,5-6,8,11,13,15,18-19H,4,7,9-10,12,14H2. The minimum absolute atomic E-state index is 0.0360. The average Bonchev–Trinajstić information content (AvgIpc) is 3.54. The first-order valence-electron chi connectivity index (χ1n) is 10.6. The molecule has 2 fully saturated rings. The van der Waals surface area contributed by atoms with Gasteiger partial charge in [0.25, 0.3) is 5.69 Å². The number of anilines is 1. The zero-order valence-corrected chi connectivity index (χ0v) is 17.1. The monoisotopic (exact) mass is 417 g/mol. The van der Waals surface area contributed by atoms with E-state index in [9.17, 15) is 14.9 Å². The Morgan fingerprint density at radius 3 is 2.61 bits per heavy atom. The number of aromatic nitrogens is 3. The molecule has 0 radical (unpaired) electrons. The van der Waals surface area contributed by atoms with E-state index >= 15 is 0 Å². The number of piperidine rings is 1. The SMILES string of the molecule is O=C(c1ccccc1)c1ccc(N2CCCC(c3nncn3C3CC3)C2)c([N+](=O)[O-])c1. The van der Waals surface area contributed by atoms with Gasteiger partial charge in [-0.3, -0.25) is 14.9 Å². The molecule has 1 saturated heterocycles. The van der Waals surface area contributed by atoms with Crippen molar-refractivity contribution in [2.45, 2.75) is 37.6 Å². The number of hydrogen-bond donors (Lipinski definition) is 0. The molecule has 31 heavy (non-hydrogen) atoms. The Morgan fingerprint density at radius 2 is 1.87 bits per heavy atom. The number of carbonyl (C=O) groups is 1. The topological polar surface area (TPSA) is 94.2 Å². The third kappa shape index (κ3) is 3.81. The van der Waals surface area contributed by atoms with Gasteiger partial charge in [-0.05, 0) is 37.8 Å². The van der Waals surface area contributed by atoms with Gasteiger partial charge in [-0.25, -0.2) is 0 Å². The van der Waals surface area contributed by atoms with Crippen molar-refractivity contribution in [3.05, 3.63) is 81.9 Å². The number of rotatable bonds is 6. The maximum Gasteiger partial charge on any atom is 0.293 e. The summed E-state index contributed by atoms with van der Waals surface area (Å²) in [6, 6.07) is 14.1. The quantitative estimate of drug-likeness (QED) is 0.340. The zero-order valence-electron chi connectivity index (χ0n) is 17.1. The molecule has 8 heteroatoms. The predicted molar refractivity (Wildman–Crippen MR) is 115 cm³/mol. The molecule has 0 N–H and O–H groups in total. The van der Waals surface area contributed by atoms with Crippen LogP contribution in [0.3, 0.4) is 0 Å². The van der Waals surface area contributed by atoms with Crippen LogP contribution in [0.1, 0.15) is 59.4 Å². The summed E-state index contributed by atoms with van der Waals surface area (Å²) in [6.45, 7) is 1.39. The highest BCUT2D eigenvalue weighted by atomic mass is 16.6. The van der Waals surface area contributed by atoms with Crippen LogP contribution in [-0.2, 0) is 0 Å². The molecule has 2 aromatic carbocycles. The van der Waals surface area contributed by atoms with Crippen LogP contribution in [-0.4, -0.2) is 38.6 Å². The summed E-state index contributed by atoms with van der Waals surface area (Å²) in [5.41, 5.74) is 1.36. The molecule has 0 spiro atoms. The largest absolute Gasteiger partial charge is 0.365 e. The van der Waals surface area contributed by atoms with Crippen molar-refractivity contribution in [2.75, 3.05) is 18.0 Å². The van der Waals surface area contributed by atoms with Gasteiger partial charge in [0.15, 0.2) is 5.78 Å². The van der Waals surface area contributed by atoms with E-state index in [0.717, 1.165) is 38.1 Å². The lowest BCUT2D eigenvalue weighted by Crippen LogP contribution is -2.35. The third-order valence-corrected chi connectivity index (χ3v) is 6.14. The van der Waals surface area contributed by atoms with Crippen molar-refractivity contribution >= 4 is 17.2 Å². The van der Waals surface area contributed by atoms with Crippen molar-refractivity contribution in [1.29, 1.82) is 0 Å². The van der Waals surface area contributed by atoms with Gasteiger partial charge in [0, 0.05) is 42.2 Å². The molecule has 8 nitrogen and oxygen atoms in total. The molecule has 1 aliphatic heterocycles. The minimum Gasteiger partial charge on any atom is -0.365 e. The summed E-state index contributed by atoms with van der Waals surface area (Å²) in [5, 5.41) is 20.4. The van der Waals surface area contributed by atoms with Gasteiger partial charge >= 0.3 is 0 Å². The molecule has 2 heterocycles. The number of ketones is 1. The number of benzene rings is 2. The third-order valence-electron chi connectivity index (χ3n) is 6.14. The highest BCUT2D eigenvalue weighted by Gasteiger charge is 2.33. The molecule has 158 valence electrons. The van der Waals surface area contributed by atoms with Crippen molar-refractivity contribution in [2.24, 2.45) is 0 Å². The van der Waals surface area contributed by atoms with Crippen LogP contribution in [0, 0.1) is 10.1 Å². The fraction of sp³-hybridized carbons (Fsp3) is 0.348. The van der Waals surface area contributed by atoms with Gasteiger partial charge < -0.3 is 9.47 Å². The molecule has 3 aromatic rings. The Bertz CT molecular complexity index is 1120. The number of nitrogens with zero attached hydrogens (tertiary/aromatic N) is 5. The number of hydrogen-bond acceptors (Lipinski definition) is 6. The summed E-state index contributed by atoms with van der Waals surface area (Å²) in [6.07, 6.45) is 6.02. The molecular formula is C23H23N5O3. The number of carbonyl (C=O) groups excluding carboxylic acids is 1. The Hall–Kier alpha value is -3.55. The van der Waals surface area contributed by atoms with Gasteiger partial charge in [-0.1, -0.05) is 30.3 Å². The second kappa shape index (κ2) is 7.94. The second-order valence-corrected chi connectivity index (χ2v) is 8.27. The molecule has 1 aliphatic carbocycles. The predicted octanol–water partition coefficient (Wildman–Crippen LogP) is 4.14. The second-order valence-electron chi connectivity index (χ2n) is 8.27. The fourth-order valence-electron chi connectivity index (χ4n) is 4.42. The zero-order chi connectivity index (χ0) is 21.4. The van der Waals surface area contributed by atoms with Gasteiger partial charge in [0.05, 0.1) is 4.92 Å². The van der Waals surface area contributed by atoms with Crippen LogP contribution in [0.5, 0.6) is 0 Å². The van der Waals surface area contributed by atoms with E-state index in [1.54, 1.807) is 42.7 Å². The number of nitro groups is 1. The average molecular weight is 417 g/mol. The first-order chi connectivity index (χ1) is 15.1. The van der Waals surface area contributed by atoms with Crippen LogP contribution < -0.4 is 4.90 Å². The lowest BCUT2D eigenvalue weighted by atomic mass is 9.95. The Kier molecular flexibility index (Phi) is 4.97. The first-order valence-corrected chi connectivity index (χ1v) is 10.6. The Labute approximate surface area is 179 Å². The van der Waals surface area contributed by atoms with Crippen LogP contribution in [0.15, 0.2) is 54.9 Å². The molecular weight excluding hydrogens is 394 g/mol. The summed E-state index contributed by atoms with van der Waals surface area (Å²) in [5.74, 6) is 0.942. The molecule has 0 amide bonds. The summed E-state index contributed by atoms with van der Waals surface area (Å²) < 4.78 is 2.17. The van der Waals surface area contributed by atoms with Crippen LogP contribution in [0.4, 0.5) is 11.4 Å². The van der Waals surface area contributed by atoms with E-state index in [1.165, 1.54) is 6.07 Å². The molecule has 1 saturated carbocycles. The first kappa shape index (κ1) is 19.4. The van der Waals surface area contributed by atoms with Crippen LogP contribution >= 0.6 is 0 Å². The van der Waals surface area contributed by atoms with Gasteiger partial charge in [0.1, 0.15) is 17.8 Å². The highest BCUT2D eigenvalue weighted by Crippen LogP contribution is 2.39. The van der Waals surface area contributed by atoms with Crippen molar-refractivity contribution in [3.8, 4) is 0 Å². The summed E-state index contributed by atoms with van der Waals surface area (Å²) in [7, 11) is 0. The lowest BCUT2D eigenvalue weighted by Gasteiger charge is -2.33. The van der Waals surface area contributed by atoms with Crippen LogP contribution in [0.2, 0.25) is 0 Å². The fourth-order valence-corrected chi connectivity index (χ4v) is 4.42. The molecule has 1 unspecified atom stereocenters.